The first kappa shape index (κ1) is 25.6. The second-order valence-electron chi connectivity index (χ2n) is 8.96. The molecule has 1 atom stereocenters. The van der Waals surface area contributed by atoms with E-state index in [0.29, 0.717) is 24.1 Å². The maximum atomic E-state index is 15.0. The zero-order valence-corrected chi connectivity index (χ0v) is 19.4. The van der Waals surface area contributed by atoms with Gasteiger partial charge >= 0.3 is 0 Å². The number of alkyl halides is 1. The predicted octanol–water partition coefficient (Wildman–Crippen LogP) is 3.96. The smallest absolute Gasteiger partial charge is 0.254 e. The number of amides is 1. The Morgan fingerprint density at radius 3 is 2.56 bits per heavy atom. The van der Waals surface area contributed by atoms with Gasteiger partial charge in [0.15, 0.2) is 0 Å². The molecule has 0 spiro atoms. The Balaban J connectivity index is 1.55. The standard InChI is InChI=1S/C26H27F3N4O3/c27-11-14-7-17(9-18(28)8-14)23(13-34)33-26(36)20-6-3-16(10-21(20)29)24-25(30)31-12-22(32-24)15-1-4-19(35)5-2-15/h3,6-10,12,15,19,23,34-35H,1-2,4-5,11,13H2,(H2,30,31)(H,33,36)/t15-,19-,23-/m1/s1. The minimum Gasteiger partial charge on any atom is -0.394 e. The lowest BCUT2D eigenvalue weighted by Gasteiger charge is -2.25. The number of halogens is 3. The summed E-state index contributed by atoms with van der Waals surface area (Å²) in [5, 5.41) is 21.9. The number of hydrogen-bond donors (Lipinski definition) is 4. The number of aromatic nitrogens is 2. The molecule has 0 bridgehead atoms. The predicted molar refractivity (Wildman–Crippen MR) is 128 cm³/mol. The highest BCUT2D eigenvalue weighted by molar-refractivity contribution is 5.95. The number of aliphatic hydroxyl groups is 2. The van der Waals surface area contributed by atoms with Crippen molar-refractivity contribution in [2.24, 2.45) is 0 Å². The number of nitrogen functional groups attached to an aromatic ring is 1. The normalized spacial score (nSPS) is 18.6. The van der Waals surface area contributed by atoms with Gasteiger partial charge in [-0.3, -0.25) is 4.79 Å². The van der Waals surface area contributed by atoms with E-state index < -0.39 is 36.9 Å². The number of aliphatic hydroxyl groups excluding tert-OH is 2. The second kappa shape index (κ2) is 11.0. The second-order valence-corrected chi connectivity index (χ2v) is 8.96. The van der Waals surface area contributed by atoms with Crippen molar-refractivity contribution in [1.29, 1.82) is 0 Å². The van der Waals surface area contributed by atoms with Gasteiger partial charge in [0, 0.05) is 11.5 Å². The molecular weight excluding hydrogens is 473 g/mol. The number of anilines is 1. The highest BCUT2D eigenvalue weighted by Gasteiger charge is 2.24. The molecule has 4 rings (SSSR count). The van der Waals surface area contributed by atoms with Crippen LogP contribution in [0.1, 0.15) is 64.8 Å². The lowest BCUT2D eigenvalue weighted by atomic mass is 9.85. The number of rotatable bonds is 7. The zero-order chi connectivity index (χ0) is 25.8. The third-order valence-electron chi connectivity index (χ3n) is 6.45. The molecule has 190 valence electrons. The molecule has 10 heteroatoms. The Labute approximate surface area is 206 Å². The third kappa shape index (κ3) is 5.66. The summed E-state index contributed by atoms with van der Waals surface area (Å²) in [5.41, 5.74) is 7.25. The van der Waals surface area contributed by atoms with Crippen LogP contribution in [0, 0.1) is 11.6 Å². The monoisotopic (exact) mass is 500 g/mol. The molecule has 1 fully saturated rings. The van der Waals surface area contributed by atoms with Crippen molar-refractivity contribution in [2.75, 3.05) is 12.3 Å². The van der Waals surface area contributed by atoms with Crippen molar-refractivity contribution in [3.63, 3.8) is 0 Å². The van der Waals surface area contributed by atoms with Crippen molar-refractivity contribution < 1.29 is 28.2 Å². The average Bonchev–Trinajstić information content (AvgIpc) is 2.87. The van der Waals surface area contributed by atoms with Gasteiger partial charge in [0.2, 0.25) is 0 Å². The van der Waals surface area contributed by atoms with Crippen LogP contribution >= 0.6 is 0 Å². The van der Waals surface area contributed by atoms with E-state index in [0.717, 1.165) is 31.0 Å². The van der Waals surface area contributed by atoms with Gasteiger partial charge in [-0.1, -0.05) is 12.1 Å². The van der Waals surface area contributed by atoms with Gasteiger partial charge in [-0.15, -0.1) is 0 Å². The summed E-state index contributed by atoms with van der Waals surface area (Å²) in [7, 11) is 0. The molecule has 3 aromatic rings. The van der Waals surface area contributed by atoms with E-state index in [2.05, 4.69) is 15.3 Å². The number of carbonyl (C=O) groups excluding carboxylic acids is 1. The fourth-order valence-electron chi connectivity index (χ4n) is 4.46. The molecule has 5 N–H and O–H groups in total. The fourth-order valence-corrected chi connectivity index (χ4v) is 4.46. The highest BCUT2D eigenvalue weighted by Crippen LogP contribution is 2.34. The van der Waals surface area contributed by atoms with Crippen LogP contribution in [0.3, 0.4) is 0 Å². The Hall–Kier alpha value is -3.50. The largest absolute Gasteiger partial charge is 0.394 e. The van der Waals surface area contributed by atoms with Crippen molar-refractivity contribution in [1.82, 2.24) is 15.3 Å². The van der Waals surface area contributed by atoms with E-state index in [1.165, 1.54) is 18.2 Å². The van der Waals surface area contributed by atoms with Gasteiger partial charge in [0.05, 0.1) is 36.2 Å². The third-order valence-corrected chi connectivity index (χ3v) is 6.45. The molecule has 0 radical (unpaired) electrons. The van der Waals surface area contributed by atoms with Crippen molar-refractivity contribution >= 4 is 11.7 Å². The van der Waals surface area contributed by atoms with Gasteiger partial charge in [-0.2, -0.15) is 0 Å². The Morgan fingerprint density at radius 2 is 1.89 bits per heavy atom. The Bertz CT molecular complexity index is 1250. The minimum absolute atomic E-state index is 0.0542. The molecule has 7 nitrogen and oxygen atoms in total. The van der Waals surface area contributed by atoms with Crippen LogP contribution in [0.15, 0.2) is 42.6 Å². The molecule has 1 amide bonds. The van der Waals surface area contributed by atoms with E-state index in [-0.39, 0.29) is 40.2 Å². The van der Waals surface area contributed by atoms with Crippen molar-refractivity contribution in [2.45, 2.75) is 50.4 Å². The van der Waals surface area contributed by atoms with Gasteiger partial charge < -0.3 is 21.3 Å². The molecule has 1 saturated carbocycles. The fraction of sp³-hybridized carbons (Fsp3) is 0.346. The number of carbonyl (C=O) groups is 1. The van der Waals surface area contributed by atoms with Gasteiger partial charge in [0.1, 0.15) is 29.8 Å². The zero-order valence-electron chi connectivity index (χ0n) is 19.4. The van der Waals surface area contributed by atoms with Gasteiger partial charge in [0.25, 0.3) is 5.91 Å². The van der Waals surface area contributed by atoms with E-state index in [9.17, 15) is 23.8 Å². The molecule has 1 heterocycles. The molecule has 1 aliphatic rings. The first-order valence-electron chi connectivity index (χ1n) is 11.7. The van der Waals surface area contributed by atoms with Crippen LogP contribution in [0.25, 0.3) is 11.3 Å². The average molecular weight is 501 g/mol. The summed E-state index contributed by atoms with van der Waals surface area (Å²) in [6.45, 7) is -1.51. The SMILES string of the molecule is Nc1ncc([C@H]2CC[C@H](O)CC2)nc1-c1ccc(C(=O)N[C@H](CO)c2cc(F)cc(CF)c2)c(F)c1. The lowest BCUT2D eigenvalue weighted by molar-refractivity contribution is 0.0912. The topological polar surface area (TPSA) is 121 Å². The Kier molecular flexibility index (Phi) is 7.85. The highest BCUT2D eigenvalue weighted by atomic mass is 19.1. The molecule has 0 unspecified atom stereocenters. The van der Waals surface area contributed by atoms with Crippen molar-refractivity contribution in [3.8, 4) is 11.3 Å². The van der Waals surface area contributed by atoms with Gasteiger partial charge in [-0.05, 0) is 61.1 Å². The van der Waals surface area contributed by atoms with Crippen LogP contribution < -0.4 is 11.1 Å². The molecule has 0 aliphatic heterocycles. The van der Waals surface area contributed by atoms with Crippen LogP contribution in [0.5, 0.6) is 0 Å². The molecule has 1 aliphatic carbocycles. The van der Waals surface area contributed by atoms with Crippen LogP contribution in [-0.4, -0.2) is 38.8 Å². The summed E-state index contributed by atoms with van der Waals surface area (Å²) >= 11 is 0. The number of nitrogens with two attached hydrogens (primary N) is 1. The first-order chi connectivity index (χ1) is 17.3. The van der Waals surface area contributed by atoms with E-state index >= 15 is 4.39 Å². The lowest BCUT2D eigenvalue weighted by Crippen LogP contribution is -2.31. The number of nitrogens with one attached hydrogen (secondary N) is 1. The molecule has 2 aromatic carbocycles. The van der Waals surface area contributed by atoms with E-state index in [1.54, 1.807) is 6.20 Å². The summed E-state index contributed by atoms with van der Waals surface area (Å²) in [6.07, 6.45) is 4.14. The van der Waals surface area contributed by atoms with Crippen molar-refractivity contribution in [3.05, 3.63) is 76.6 Å². The maximum absolute atomic E-state index is 15.0. The number of hydrogen-bond acceptors (Lipinski definition) is 6. The van der Waals surface area contributed by atoms with Crippen LogP contribution in [-0.2, 0) is 6.67 Å². The number of benzene rings is 2. The Morgan fingerprint density at radius 1 is 1.14 bits per heavy atom. The first-order valence-corrected chi connectivity index (χ1v) is 11.7. The molecule has 0 saturated heterocycles. The summed E-state index contributed by atoms with van der Waals surface area (Å²) in [5.74, 6) is -2.17. The maximum Gasteiger partial charge on any atom is 0.254 e. The van der Waals surface area contributed by atoms with Crippen LogP contribution in [0.4, 0.5) is 19.0 Å². The summed E-state index contributed by atoms with van der Waals surface area (Å²) in [4.78, 5) is 21.6. The number of nitrogens with zero attached hydrogens (tertiary/aromatic N) is 2. The summed E-state index contributed by atoms with van der Waals surface area (Å²) in [6, 6.07) is 6.22. The van der Waals surface area contributed by atoms with E-state index in [4.69, 9.17) is 5.73 Å². The quantitative estimate of drug-likeness (QED) is 0.390. The summed E-state index contributed by atoms with van der Waals surface area (Å²) < 4.78 is 41.8. The van der Waals surface area contributed by atoms with Crippen LogP contribution in [0.2, 0.25) is 0 Å². The minimum atomic E-state index is -1.07. The van der Waals surface area contributed by atoms with E-state index in [1.807, 2.05) is 0 Å². The molecular formula is C26H27F3N4O3. The molecule has 36 heavy (non-hydrogen) atoms. The van der Waals surface area contributed by atoms with Gasteiger partial charge in [-0.25, -0.2) is 23.1 Å². The molecule has 1 aromatic heterocycles.